The van der Waals surface area contributed by atoms with Crippen LogP contribution in [0.25, 0.3) is 0 Å². The molecule has 5 nitrogen and oxygen atoms in total. The van der Waals surface area contributed by atoms with E-state index in [1.807, 2.05) is 30.1 Å². The Morgan fingerprint density at radius 1 is 1.69 bits per heavy atom. The van der Waals surface area contributed by atoms with E-state index in [4.69, 9.17) is 0 Å². The lowest BCUT2D eigenvalue weighted by atomic mass is 10.2. The molecule has 16 heavy (non-hydrogen) atoms. The smallest absolute Gasteiger partial charge is 0.325 e. The van der Waals surface area contributed by atoms with Gasteiger partial charge in [0.05, 0.1) is 13.2 Å². The SMILES string of the molecule is COC(=O)[C@@H](NCc1ccn(C)c1)[C@@H](C)O. The highest BCUT2D eigenvalue weighted by atomic mass is 16.5. The van der Waals surface area contributed by atoms with Crippen LogP contribution in [0.5, 0.6) is 0 Å². The maximum atomic E-state index is 11.3. The molecule has 0 amide bonds. The molecule has 0 aromatic carbocycles. The van der Waals surface area contributed by atoms with E-state index >= 15 is 0 Å². The highest BCUT2D eigenvalue weighted by Crippen LogP contribution is 2.02. The van der Waals surface area contributed by atoms with Gasteiger partial charge >= 0.3 is 5.97 Å². The number of carbonyl (C=O) groups is 1. The number of nitrogens with one attached hydrogen (secondary N) is 1. The lowest BCUT2D eigenvalue weighted by molar-refractivity contribution is -0.145. The van der Waals surface area contributed by atoms with Crippen LogP contribution in [-0.2, 0) is 23.1 Å². The molecule has 1 aromatic heterocycles. The Labute approximate surface area is 95.0 Å². The number of rotatable bonds is 5. The van der Waals surface area contributed by atoms with Crippen LogP contribution in [0, 0.1) is 0 Å². The van der Waals surface area contributed by atoms with Gasteiger partial charge in [0.1, 0.15) is 6.04 Å². The van der Waals surface area contributed by atoms with E-state index in [2.05, 4.69) is 10.1 Å². The molecule has 0 spiro atoms. The molecule has 2 N–H and O–H groups in total. The summed E-state index contributed by atoms with van der Waals surface area (Å²) in [6.07, 6.45) is 3.09. The van der Waals surface area contributed by atoms with Crippen LogP contribution in [0.3, 0.4) is 0 Å². The molecule has 1 heterocycles. The summed E-state index contributed by atoms with van der Waals surface area (Å²) in [4.78, 5) is 11.3. The fourth-order valence-corrected chi connectivity index (χ4v) is 1.47. The number of methoxy groups -OCH3 is 1. The minimum Gasteiger partial charge on any atom is -0.468 e. The van der Waals surface area contributed by atoms with Crippen molar-refractivity contribution in [2.24, 2.45) is 7.05 Å². The van der Waals surface area contributed by atoms with Gasteiger partial charge < -0.3 is 14.4 Å². The van der Waals surface area contributed by atoms with Gasteiger partial charge in [0.2, 0.25) is 0 Å². The summed E-state index contributed by atoms with van der Waals surface area (Å²) >= 11 is 0. The Bertz CT molecular complexity index is 347. The van der Waals surface area contributed by atoms with E-state index < -0.39 is 18.1 Å². The number of aromatic nitrogens is 1. The Morgan fingerprint density at radius 3 is 2.81 bits per heavy atom. The number of ether oxygens (including phenoxy) is 1. The predicted molar refractivity (Wildman–Crippen MR) is 59.7 cm³/mol. The molecule has 5 heteroatoms. The predicted octanol–water partition coefficient (Wildman–Crippen LogP) is 0.0371. The molecule has 0 saturated heterocycles. The number of aryl methyl sites for hydroxylation is 1. The molecule has 1 rings (SSSR count). The highest BCUT2D eigenvalue weighted by molar-refractivity contribution is 5.76. The summed E-state index contributed by atoms with van der Waals surface area (Å²) in [5.41, 5.74) is 1.05. The van der Waals surface area contributed by atoms with Crippen molar-refractivity contribution in [1.29, 1.82) is 0 Å². The molecule has 2 atom stereocenters. The number of carbonyl (C=O) groups excluding carboxylic acids is 1. The third-order valence-corrected chi connectivity index (χ3v) is 2.36. The number of hydrogen-bond donors (Lipinski definition) is 2. The molecule has 90 valence electrons. The van der Waals surface area contributed by atoms with Crippen LogP contribution in [0.2, 0.25) is 0 Å². The van der Waals surface area contributed by atoms with E-state index in [1.165, 1.54) is 7.11 Å². The zero-order valence-corrected chi connectivity index (χ0v) is 9.80. The summed E-state index contributed by atoms with van der Waals surface area (Å²) in [5, 5.41) is 12.4. The molecule has 0 fully saturated rings. The van der Waals surface area contributed by atoms with Crippen LogP contribution in [0.4, 0.5) is 0 Å². The summed E-state index contributed by atoms with van der Waals surface area (Å²) in [5.74, 6) is -0.453. The zero-order chi connectivity index (χ0) is 12.1. The van der Waals surface area contributed by atoms with Crippen LogP contribution in [0.15, 0.2) is 18.5 Å². The van der Waals surface area contributed by atoms with Gasteiger partial charge in [-0.2, -0.15) is 0 Å². The van der Waals surface area contributed by atoms with Crippen molar-refractivity contribution >= 4 is 5.97 Å². The van der Waals surface area contributed by atoms with Crippen molar-refractivity contribution < 1.29 is 14.6 Å². The van der Waals surface area contributed by atoms with Crippen LogP contribution < -0.4 is 5.32 Å². The van der Waals surface area contributed by atoms with Gasteiger partial charge in [-0.05, 0) is 18.6 Å². The van der Waals surface area contributed by atoms with Crippen molar-refractivity contribution in [1.82, 2.24) is 9.88 Å². The quantitative estimate of drug-likeness (QED) is 0.696. The second-order valence-electron chi connectivity index (χ2n) is 3.81. The minimum absolute atomic E-state index is 0.453. The number of hydrogen-bond acceptors (Lipinski definition) is 4. The molecule has 0 saturated carbocycles. The summed E-state index contributed by atoms with van der Waals surface area (Å²) in [6.45, 7) is 2.07. The average Bonchev–Trinajstić information content (AvgIpc) is 2.63. The standard InChI is InChI=1S/C11H18N2O3/c1-8(14)10(11(15)16-3)12-6-9-4-5-13(2)7-9/h4-5,7-8,10,12,14H,6H2,1-3H3/t8-,10+/m1/s1. The number of aliphatic hydroxyl groups excluding tert-OH is 1. The van der Waals surface area contributed by atoms with E-state index in [0.29, 0.717) is 6.54 Å². The summed E-state index contributed by atoms with van der Waals surface area (Å²) in [7, 11) is 3.23. The number of nitrogens with zero attached hydrogens (tertiary/aromatic N) is 1. The first-order valence-corrected chi connectivity index (χ1v) is 5.14. The molecular formula is C11H18N2O3. The van der Waals surface area contributed by atoms with E-state index in [0.717, 1.165) is 5.56 Å². The normalized spacial score (nSPS) is 14.5. The van der Waals surface area contributed by atoms with Gasteiger partial charge in [-0.1, -0.05) is 0 Å². The first kappa shape index (κ1) is 12.7. The van der Waals surface area contributed by atoms with Gasteiger partial charge in [-0.3, -0.25) is 10.1 Å². The second kappa shape index (κ2) is 5.67. The van der Waals surface area contributed by atoms with E-state index in [9.17, 15) is 9.90 Å². The Balaban J connectivity index is 2.53. The van der Waals surface area contributed by atoms with Crippen LogP contribution >= 0.6 is 0 Å². The Hall–Kier alpha value is -1.33. The number of esters is 1. The Morgan fingerprint density at radius 2 is 2.38 bits per heavy atom. The van der Waals surface area contributed by atoms with Crippen LogP contribution in [-0.4, -0.2) is 34.9 Å². The van der Waals surface area contributed by atoms with Gasteiger partial charge in [0.25, 0.3) is 0 Å². The molecule has 0 aliphatic carbocycles. The topological polar surface area (TPSA) is 63.5 Å². The maximum absolute atomic E-state index is 11.3. The van der Waals surface area contributed by atoms with Crippen molar-refractivity contribution in [3.05, 3.63) is 24.0 Å². The van der Waals surface area contributed by atoms with Crippen molar-refractivity contribution in [2.45, 2.75) is 25.6 Å². The molecule has 0 aliphatic rings. The van der Waals surface area contributed by atoms with Crippen LogP contribution in [0.1, 0.15) is 12.5 Å². The van der Waals surface area contributed by atoms with Gasteiger partial charge in [-0.15, -0.1) is 0 Å². The monoisotopic (exact) mass is 226 g/mol. The van der Waals surface area contributed by atoms with Crippen molar-refractivity contribution in [3.63, 3.8) is 0 Å². The van der Waals surface area contributed by atoms with Gasteiger partial charge in [0.15, 0.2) is 0 Å². The largest absolute Gasteiger partial charge is 0.468 e. The zero-order valence-electron chi connectivity index (χ0n) is 9.80. The average molecular weight is 226 g/mol. The lowest BCUT2D eigenvalue weighted by Gasteiger charge is -2.18. The molecule has 0 aliphatic heterocycles. The molecule has 0 radical (unpaired) electrons. The molecular weight excluding hydrogens is 208 g/mol. The molecule has 1 aromatic rings. The highest BCUT2D eigenvalue weighted by Gasteiger charge is 2.23. The van der Waals surface area contributed by atoms with E-state index in [1.54, 1.807) is 6.92 Å². The summed E-state index contributed by atoms with van der Waals surface area (Å²) < 4.78 is 6.52. The first-order valence-electron chi connectivity index (χ1n) is 5.14. The minimum atomic E-state index is -0.781. The third kappa shape index (κ3) is 3.36. The van der Waals surface area contributed by atoms with Gasteiger partial charge in [0, 0.05) is 26.0 Å². The van der Waals surface area contributed by atoms with E-state index in [-0.39, 0.29) is 0 Å². The third-order valence-electron chi connectivity index (χ3n) is 2.36. The molecule has 0 unspecified atom stereocenters. The Kier molecular flexibility index (Phi) is 4.52. The molecule has 0 bridgehead atoms. The van der Waals surface area contributed by atoms with Gasteiger partial charge in [-0.25, -0.2) is 0 Å². The second-order valence-corrected chi connectivity index (χ2v) is 3.81. The number of aliphatic hydroxyl groups is 1. The first-order chi connectivity index (χ1) is 7.54. The summed E-state index contributed by atoms with van der Waals surface area (Å²) in [6, 6.07) is 1.26. The fraction of sp³-hybridized carbons (Fsp3) is 0.545. The van der Waals surface area contributed by atoms with Crippen molar-refractivity contribution in [2.75, 3.05) is 7.11 Å². The fourth-order valence-electron chi connectivity index (χ4n) is 1.47. The maximum Gasteiger partial charge on any atom is 0.325 e. The lowest BCUT2D eigenvalue weighted by Crippen LogP contribution is -2.45. The van der Waals surface area contributed by atoms with Crippen molar-refractivity contribution in [3.8, 4) is 0 Å².